The molecule has 0 spiro atoms. The first-order valence-electron chi connectivity index (χ1n) is 6.24. The fourth-order valence-electron chi connectivity index (χ4n) is 2.39. The van der Waals surface area contributed by atoms with Gasteiger partial charge >= 0.3 is 0 Å². The van der Waals surface area contributed by atoms with Gasteiger partial charge in [0, 0.05) is 14.9 Å². The molecule has 0 amide bonds. The highest BCUT2D eigenvalue weighted by Gasteiger charge is 2.27. The first-order chi connectivity index (χ1) is 8.79. The number of alkyl halides is 1. The van der Waals surface area contributed by atoms with Gasteiger partial charge in [-0.2, -0.15) is 0 Å². The number of rotatable bonds is 1. The van der Waals surface area contributed by atoms with Crippen molar-refractivity contribution in [2.75, 3.05) is 0 Å². The molecule has 1 atom stereocenters. The van der Waals surface area contributed by atoms with Crippen LogP contribution in [0.1, 0.15) is 37.5 Å². The minimum Gasteiger partial charge on any atom is -0.382 e. The fraction of sp³-hybridized carbons (Fsp3) is 0.400. The Balaban J connectivity index is 2.47. The number of halogens is 2. The Hall–Kier alpha value is -0.640. The van der Waals surface area contributed by atoms with Crippen molar-refractivity contribution in [2.45, 2.75) is 37.1 Å². The van der Waals surface area contributed by atoms with Crippen LogP contribution in [-0.2, 0) is 6.42 Å². The zero-order valence-electron chi connectivity index (χ0n) is 11.0. The van der Waals surface area contributed by atoms with Gasteiger partial charge < -0.3 is 10.5 Å². The zero-order valence-corrected chi connectivity index (χ0v) is 13.3. The maximum atomic E-state index is 10.4. The summed E-state index contributed by atoms with van der Waals surface area (Å²) >= 11 is 9.73. The largest absolute Gasteiger partial charge is 0.382 e. The Morgan fingerprint density at radius 2 is 2.11 bits per heavy atom. The molecule has 4 heteroatoms. The molecular weight excluding hydrogens is 326 g/mol. The second-order valence-electron chi connectivity index (χ2n) is 5.36. The number of allylic oxidation sites excluding steroid dienone is 1. The van der Waals surface area contributed by atoms with E-state index in [0.717, 1.165) is 24.0 Å². The quantitative estimate of drug-likeness (QED) is 0.575. The average Bonchev–Trinajstić information content (AvgIpc) is 2.41. The number of nitrogens with one attached hydrogen (secondary N) is 1. The predicted octanol–water partition coefficient (Wildman–Crippen LogP) is 4.44. The van der Waals surface area contributed by atoms with Crippen molar-refractivity contribution in [1.29, 1.82) is 5.41 Å². The van der Waals surface area contributed by atoms with Gasteiger partial charge in [0.2, 0.25) is 0 Å². The van der Waals surface area contributed by atoms with Crippen molar-refractivity contribution < 1.29 is 5.11 Å². The van der Waals surface area contributed by atoms with E-state index in [1.807, 2.05) is 32.1 Å². The van der Waals surface area contributed by atoms with Gasteiger partial charge in [-0.15, -0.1) is 0 Å². The van der Waals surface area contributed by atoms with Gasteiger partial charge in [0.1, 0.15) is 6.10 Å². The van der Waals surface area contributed by atoms with Crippen molar-refractivity contribution >= 4 is 33.2 Å². The van der Waals surface area contributed by atoms with Crippen molar-refractivity contribution in [1.82, 2.24) is 0 Å². The maximum Gasteiger partial charge on any atom is 0.122 e. The van der Waals surface area contributed by atoms with E-state index in [0.29, 0.717) is 10.6 Å². The molecule has 102 valence electrons. The second-order valence-corrected chi connectivity index (χ2v) is 7.81. The van der Waals surface area contributed by atoms with Gasteiger partial charge in [0.05, 0.1) is 5.71 Å². The van der Waals surface area contributed by atoms with Crippen LogP contribution in [0.5, 0.6) is 0 Å². The van der Waals surface area contributed by atoms with E-state index in [-0.39, 0.29) is 10.0 Å². The summed E-state index contributed by atoms with van der Waals surface area (Å²) in [4.78, 5) is 0. The van der Waals surface area contributed by atoms with Crippen LogP contribution in [0.2, 0.25) is 5.02 Å². The number of aliphatic hydroxyl groups is 1. The second kappa shape index (κ2) is 5.39. The third-order valence-corrected chi connectivity index (χ3v) is 3.78. The lowest BCUT2D eigenvalue weighted by atomic mass is 9.98. The lowest BCUT2D eigenvalue weighted by molar-refractivity contribution is 0.247. The molecule has 1 aliphatic carbocycles. The minimum atomic E-state index is -0.938. The fourth-order valence-corrected chi connectivity index (χ4v) is 2.97. The van der Waals surface area contributed by atoms with E-state index in [9.17, 15) is 5.11 Å². The number of hydrogen-bond acceptors (Lipinski definition) is 2. The molecule has 1 aromatic rings. The smallest absolute Gasteiger partial charge is 0.122 e. The summed E-state index contributed by atoms with van der Waals surface area (Å²) in [6.45, 7) is 4.04. The summed E-state index contributed by atoms with van der Waals surface area (Å²) in [6, 6.07) is 5.63. The van der Waals surface area contributed by atoms with Gasteiger partial charge in [-0.1, -0.05) is 45.7 Å². The lowest BCUT2D eigenvalue weighted by Crippen LogP contribution is -2.15. The van der Waals surface area contributed by atoms with Gasteiger partial charge in [-0.3, -0.25) is 0 Å². The van der Waals surface area contributed by atoms with Gasteiger partial charge in [-0.25, -0.2) is 0 Å². The third kappa shape index (κ3) is 3.28. The van der Waals surface area contributed by atoms with Crippen LogP contribution in [0, 0.1) is 5.41 Å². The Bertz CT molecular complexity index is 546. The molecule has 0 heterocycles. The molecule has 19 heavy (non-hydrogen) atoms. The van der Waals surface area contributed by atoms with Crippen molar-refractivity contribution in [3.63, 3.8) is 0 Å². The van der Waals surface area contributed by atoms with Crippen LogP contribution in [0.4, 0.5) is 0 Å². The van der Waals surface area contributed by atoms with E-state index in [2.05, 4.69) is 15.9 Å². The number of hydrogen-bond donors (Lipinski definition) is 2. The van der Waals surface area contributed by atoms with Crippen LogP contribution in [0.25, 0.3) is 0 Å². The Morgan fingerprint density at radius 1 is 1.42 bits per heavy atom. The molecule has 2 nitrogen and oxygen atoms in total. The highest BCUT2D eigenvalue weighted by atomic mass is 79.9. The zero-order chi connectivity index (χ0) is 14.2. The van der Waals surface area contributed by atoms with Gasteiger partial charge in [0.15, 0.2) is 0 Å². The summed E-state index contributed by atoms with van der Waals surface area (Å²) in [5.74, 6) is 0. The molecule has 0 saturated heterocycles. The molecular formula is C15H17BrClNO. The standard InChI is InChI=1S/C15H17BrClNO/c1-15(2,16)8-10-7-6-9-4-3-5-11(17)12(9)14(19)13(10)18/h3-5,8,14,18-19H,6-7H2,1-2H3/b10-8-,18-13?. The highest BCUT2D eigenvalue weighted by molar-refractivity contribution is 9.10. The highest BCUT2D eigenvalue weighted by Crippen LogP contribution is 2.35. The maximum absolute atomic E-state index is 10.4. The van der Waals surface area contributed by atoms with Crippen molar-refractivity contribution in [2.24, 2.45) is 0 Å². The summed E-state index contributed by atoms with van der Waals surface area (Å²) < 4.78 is -0.186. The molecule has 0 saturated carbocycles. The monoisotopic (exact) mass is 341 g/mol. The molecule has 2 N–H and O–H groups in total. The molecule has 0 radical (unpaired) electrons. The minimum absolute atomic E-state index is 0.186. The Labute approximate surface area is 127 Å². The first kappa shape index (κ1) is 14.8. The normalized spacial score (nSPS) is 22.3. The molecule has 0 aliphatic heterocycles. The Morgan fingerprint density at radius 3 is 2.74 bits per heavy atom. The average molecular weight is 343 g/mol. The molecule has 0 bridgehead atoms. The summed E-state index contributed by atoms with van der Waals surface area (Å²) in [6.07, 6.45) is 2.60. The third-order valence-electron chi connectivity index (χ3n) is 3.22. The van der Waals surface area contributed by atoms with E-state index in [4.69, 9.17) is 17.0 Å². The van der Waals surface area contributed by atoms with Crippen molar-refractivity contribution in [3.8, 4) is 0 Å². The molecule has 1 aromatic carbocycles. The number of benzene rings is 1. The lowest BCUT2D eigenvalue weighted by Gasteiger charge is -2.17. The number of aliphatic hydroxyl groups excluding tert-OH is 1. The number of fused-ring (bicyclic) bond motifs is 1. The van der Waals surface area contributed by atoms with Crippen LogP contribution >= 0.6 is 27.5 Å². The van der Waals surface area contributed by atoms with Crippen LogP contribution in [0.15, 0.2) is 29.8 Å². The molecule has 1 unspecified atom stereocenters. The van der Waals surface area contributed by atoms with Gasteiger partial charge in [0.25, 0.3) is 0 Å². The predicted molar refractivity (Wildman–Crippen MR) is 83.5 cm³/mol. The summed E-state index contributed by atoms with van der Waals surface area (Å²) in [5, 5.41) is 19.1. The van der Waals surface area contributed by atoms with E-state index in [1.165, 1.54) is 0 Å². The topological polar surface area (TPSA) is 44.1 Å². The van der Waals surface area contributed by atoms with Crippen LogP contribution < -0.4 is 0 Å². The van der Waals surface area contributed by atoms with E-state index < -0.39 is 6.10 Å². The van der Waals surface area contributed by atoms with Crippen LogP contribution in [0.3, 0.4) is 0 Å². The van der Waals surface area contributed by atoms with Gasteiger partial charge in [-0.05, 0) is 43.9 Å². The molecule has 0 aromatic heterocycles. The van der Waals surface area contributed by atoms with Crippen LogP contribution in [-0.4, -0.2) is 15.1 Å². The summed E-state index contributed by atoms with van der Waals surface area (Å²) in [7, 11) is 0. The Kier molecular flexibility index (Phi) is 4.19. The first-order valence-corrected chi connectivity index (χ1v) is 7.41. The SMILES string of the molecule is CC(C)(Br)/C=C1/CCc2cccc(Cl)c2C(O)C1=N. The molecule has 1 aliphatic rings. The number of aryl methyl sites for hydroxylation is 1. The van der Waals surface area contributed by atoms with E-state index >= 15 is 0 Å². The molecule has 0 fully saturated rings. The summed E-state index contributed by atoms with van der Waals surface area (Å²) in [5.41, 5.74) is 2.84. The molecule has 2 rings (SSSR count). The van der Waals surface area contributed by atoms with E-state index in [1.54, 1.807) is 6.07 Å². The van der Waals surface area contributed by atoms with Crippen molar-refractivity contribution in [3.05, 3.63) is 46.0 Å².